The van der Waals surface area contributed by atoms with Crippen molar-refractivity contribution in [3.63, 3.8) is 0 Å². The number of benzene rings is 8. The molecule has 0 atom stereocenters. The van der Waals surface area contributed by atoms with E-state index in [4.69, 9.17) is 18.3 Å². The number of para-hydroxylation sites is 1. The van der Waals surface area contributed by atoms with Gasteiger partial charge in [-0.15, -0.1) is 48.0 Å². The summed E-state index contributed by atoms with van der Waals surface area (Å²) in [6.07, 6.45) is 1.87. The molecule has 0 spiro atoms. The van der Waals surface area contributed by atoms with Crippen molar-refractivity contribution in [2.75, 3.05) is 7.11 Å². The Labute approximate surface area is 417 Å². The maximum absolute atomic E-state index is 8.69. The predicted octanol–water partition coefficient (Wildman–Crippen LogP) is 16.8. The van der Waals surface area contributed by atoms with Crippen molar-refractivity contribution in [1.82, 2.24) is 14.5 Å². The molecule has 6 heteroatoms. The number of hydrogen-bond donors (Lipinski definition) is 0. The third-order valence-corrected chi connectivity index (χ3v) is 12.8. The Morgan fingerprint density at radius 1 is 0.706 bits per heavy atom. The molecule has 341 valence electrons. The first-order valence-corrected chi connectivity index (χ1v) is 23.1. The van der Waals surface area contributed by atoms with E-state index in [0.717, 1.165) is 77.1 Å². The van der Waals surface area contributed by atoms with Gasteiger partial charge in [0.2, 0.25) is 0 Å². The van der Waals surface area contributed by atoms with Gasteiger partial charge in [0.15, 0.2) is 0 Å². The number of ether oxygens (including phenoxy) is 1. The first kappa shape index (κ1) is 42.5. The van der Waals surface area contributed by atoms with E-state index in [0.29, 0.717) is 33.8 Å². The topological polar surface area (TPSA) is 53.1 Å². The van der Waals surface area contributed by atoms with E-state index in [9.17, 15) is 0 Å². The van der Waals surface area contributed by atoms with Crippen LogP contribution in [0.15, 0.2) is 162 Å². The van der Waals surface area contributed by atoms with E-state index in [-0.39, 0.29) is 42.9 Å². The number of aryl methyl sites for hydroxylation is 1. The molecule has 1 radical (unpaired) electrons. The van der Waals surface area contributed by atoms with Gasteiger partial charge in [-0.2, -0.15) is 0 Å². The van der Waals surface area contributed by atoms with Crippen molar-refractivity contribution in [3.8, 4) is 45.2 Å². The molecule has 0 unspecified atom stereocenters. The van der Waals surface area contributed by atoms with Crippen LogP contribution in [0.25, 0.3) is 94.0 Å². The molecule has 0 saturated heterocycles. The van der Waals surface area contributed by atoms with E-state index >= 15 is 0 Å². The van der Waals surface area contributed by atoms with Crippen LogP contribution in [-0.4, -0.2) is 21.6 Å². The van der Waals surface area contributed by atoms with Crippen LogP contribution in [-0.2, 0) is 25.5 Å². The third-order valence-electron chi connectivity index (χ3n) is 12.8. The van der Waals surface area contributed by atoms with Gasteiger partial charge in [-0.3, -0.25) is 4.98 Å². The zero-order chi connectivity index (χ0) is 49.1. The molecule has 11 rings (SSSR count). The molecule has 3 heterocycles. The average Bonchev–Trinajstić information content (AvgIpc) is 3.94. The fourth-order valence-electron chi connectivity index (χ4n) is 9.35. The Morgan fingerprint density at radius 3 is 2.15 bits per heavy atom. The standard InChI is InChI=1S/C47H39N2O2.C15H16N.Ir/c1-27(2)36-24-33(30-14-8-7-9-15-30)25-37(28(3)4)45(36)49-44-29(5)13-12-18-40(44)48-47(49)35-21-22-41(50-6)43-39-23-32-20-19-31-16-10-11-17-34(31)38(32)26-42(39)51-46(35)43;1-15(2,3)13-9-10-16-14(11-13)12-7-5-4-6-8-12;/h7-20,22-28H,1-6H3;4-7,9-11H,1-3H3;/q2*-1;/i5D3;;. The Morgan fingerprint density at radius 2 is 1.44 bits per heavy atom. The monoisotopic (exact) mass is 1070 g/mol. The fraction of sp³-hybridized carbons (Fsp3) is 0.194. The number of methoxy groups -OCH3 is 1. The van der Waals surface area contributed by atoms with Gasteiger partial charge in [-0.1, -0.05) is 139 Å². The summed E-state index contributed by atoms with van der Waals surface area (Å²) in [5.41, 5.74) is 12.2. The summed E-state index contributed by atoms with van der Waals surface area (Å²) in [5.74, 6) is 1.38. The van der Waals surface area contributed by atoms with Crippen molar-refractivity contribution >= 4 is 54.5 Å². The number of hydrogen-bond acceptors (Lipinski definition) is 4. The molecule has 3 aromatic heterocycles. The smallest absolute Gasteiger partial charge is 0.121 e. The Balaban J connectivity index is 0.000000313. The minimum absolute atomic E-state index is 0. The second kappa shape index (κ2) is 18.7. The van der Waals surface area contributed by atoms with Gasteiger partial charge in [0, 0.05) is 47.2 Å². The van der Waals surface area contributed by atoms with Crippen molar-refractivity contribution in [3.05, 3.63) is 192 Å². The van der Waals surface area contributed by atoms with Gasteiger partial charge in [0.05, 0.1) is 29.6 Å². The van der Waals surface area contributed by atoms with Crippen molar-refractivity contribution in [1.29, 1.82) is 0 Å². The molecule has 0 fully saturated rings. The number of aromatic nitrogens is 3. The number of imidazole rings is 1. The first-order valence-electron chi connectivity index (χ1n) is 24.6. The number of rotatable bonds is 7. The van der Waals surface area contributed by atoms with Crippen LogP contribution >= 0.6 is 0 Å². The molecule has 0 bridgehead atoms. The van der Waals surface area contributed by atoms with Crippen molar-refractivity contribution < 1.29 is 33.4 Å². The van der Waals surface area contributed by atoms with E-state index in [1.165, 1.54) is 5.56 Å². The Kier molecular flexibility index (Phi) is 11.7. The van der Waals surface area contributed by atoms with E-state index < -0.39 is 6.85 Å². The zero-order valence-corrected chi connectivity index (χ0v) is 42.1. The summed E-state index contributed by atoms with van der Waals surface area (Å²) in [5, 5.41) is 6.24. The van der Waals surface area contributed by atoms with Gasteiger partial charge in [0.25, 0.3) is 0 Å². The number of fused-ring (bicyclic) bond motifs is 7. The van der Waals surface area contributed by atoms with Crippen LogP contribution in [0.1, 0.15) is 86.7 Å². The molecule has 11 aromatic rings. The molecule has 68 heavy (non-hydrogen) atoms. The van der Waals surface area contributed by atoms with Crippen LogP contribution in [0, 0.1) is 19.0 Å². The van der Waals surface area contributed by atoms with Crippen LogP contribution in [0.5, 0.6) is 5.75 Å². The number of furan rings is 1. The Bertz CT molecular complexity index is 3710. The van der Waals surface area contributed by atoms with E-state index in [1.807, 2.05) is 48.7 Å². The Hall–Kier alpha value is -6.85. The van der Waals surface area contributed by atoms with Crippen LogP contribution in [0.3, 0.4) is 0 Å². The van der Waals surface area contributed by atoms with Crippen LogP contribution in [0.2, 0.25) is 0 Å². The second-order valence-electron chi connectivity index (χ2n) is 19.0. The maximum Gasteiger partial charge on any atom is 0.121 e. The molecule has 0 aliphatic rings. The molecule has 0 aliphatic heterocycles. The largest absolute Gasteiger partial charge is 0.539 e. The van der Waals surface area contributed by atoms with E-state index in [1.54, 1.807) is 19.2 Å². The summed E-state index contributed by atoms with van der Waals surface area (Å²) >= 11 is 0. The summed E-state index contributed by atoms with van der Waals surface area (Å²) in [6, 6.07) is 57.9. The molecular weight excluding hydrogens is 1010 g/mol. The fourth-order valence-corrected chi connectivity index (χ4v) is 9.35. The van der Waals surface area contributed by atoms with Gasteiger partial charge in [-0.25, -0.2) is 0 Å². The minimum Gasteiger partial charge on any atom is -0.539 e. The van der Waals surface area contributed by atoms with Crippen LogP contribution in [0.4, 0.5) is 0 Å². The quantitative estimate of drug-likeness (QED) is 0.118. The first-order chi connectivity index (χ1) is 33.6. The SMILES string of the molecule is CC(C)(C)c1ccnc(-c2[c-]cccc2)c1.[2H]C([2H])([2H])c1cccc2nc(-c3[c-]cc(OC)c4c3oc3cc5c(ccc6ccccc65)cc34)n(-c3c(C(C)C)cc(-c4ccccc4)cc3C(C)C)c12.[Ir]. The third kappa shape index (κ3) is 8.42. The maximum atomic E-state index is 8.69. The molecule has 0 N–H and O–H groups in total. The number of nitrogens with zero attached hydrogens (tertiary/aromatic N) is 3. The molecule has 0 aliphatic carbocycles. The molecule has 0 saturated carbocycles. The van der Waals surface area contributed by atoms with Crippen LogP contribution < -0.4 is 4.74 Å². The van der Waals surface area contributed by atoms with Gasteiger partial charge in [0.1, 0.15) is 5.58 Å². The predicted molar refractivity (Wildman–Crippen MR) is 280 cm³/mol. The minimum atomic E-state index is -2.39. The van der Waals surface area contributed by atoms with Gasteiger partial charge >= 0.3 is 0 Å². The summed E-state index contributed by atoms with van der Waals surface area (Å²) in [6.45, 7) is 13.0. The van der Waals surface area contributed by atoms with Gasteiger partial charge in [-0.05, 0) is 127 Å². The summed E-state index contributed by atoms with van der Waals surface area (Å²) < 4.78 is 41.0. The number of pyridine rings is 1. The van der Waals surface area contributed by atoms with E-state index in [2.05, 4.69) is 167 Å². The summed E-state index contributed by atoms with van der Waals surface area (Å²) in [7, 11) is 1.66. The van der Waals surface area contributed by atoms with Crippen molar-refractivity contribution in [2.24, 2.45) is 0 Å². The second-order valence-corrected chi connectivity index (χ2v) is 19.0. The van der Waals surface area contributed by atoms with Crippen molar-refractivity contribution in [2.45, 2.75) is 72.6 Å². The normalized spacial score (nSPS) is 12.6. The molecular formula is C62H55IrN3O2-2. The average molecular weight is 1070 g/mol. The molecule has 0 amide bonds. The zero-order valence-electron chi connectivity index (χ0n) is 42.7. The summed E-state index contributed by atoms with van der Waals surface area (Å²) in [4.78, 5) is 9.66. The molecule has 8 aromatic carbocycles. The molecule has 5 nitrogen and oxygen atoms in total. The van der Waals surface area contributed by atoms with Gasteiger partial charge < -0.3 is 18.7 Å².